The van der Waals surface area contributed by atoms with Crippen LogP contribution in [-0.4, -0.2) is 28.6 Å². The van der Waals surface area contributed by atoms with E-state index in [0.717, 1.165) is 51.0 Å². The van der Waals surface area contributed by atoms with Crippen molar-refractivity contribution >= 4 is 0 Å². The van der Waals surface area contributed by atoms with Gasteiger partial charge in [0.15, 0.2) is 0 Å². The number of nitrogens with zero attached hydrogens (tertiary/aromatic N) is 2. The maximum atomic E-state index is 12.8. The molecule has 0 amide bonds. The van der Waals surface area contributed by atoms with E-state index in [-0.39, 0.29) is 5.56 Å². The zero-order valence-electron chi connectivity index (χ0n) is 14.6. The van der Waals surface area contributed by atoms with Gasteiger partial charge in [-0.3, -0.25) is 9.69 Å². The molecule has 2 rings (SSSR count). The van der Waals surface area contributed by atoms with Crippen molar-refractivity contribution in [2.75, 3.05) is 13.1 Å². The first-order chi connectivity index (χ1) is 10.6. The molecule has 1 aliphatic rings. The fraction of sp³-hybridized carbons (Fsp3) is 0.722. The third-order valence-electron chi connectivity index (χ3n) is 4.51. The molecule has 0 atom stereocenters. The zero-order chi connectivity index (χ0) is 16.1. The second-order valence-corrected chi connectivity index (χ2v) is 6.61. The van der Waals surface area contributed by atoms with Gasteiger partial charge in [0.05, 0.1) is 0 Å². The van der Waals surface area contributed by atoms with Crippen LogP contribution in [0.3, 0.4) is 0 Å². The third-order valence-corrected chi connectivity index (χ3v) is 4.51. The lowest BCUT2D eigenvalue weighted by atomic mass is 10.0. The lowest BCUT2D eigenvalue weighted by Crippen LogP contribution is -2.38. The summed E-state index contributed by atoms with van der Waals surface area (Å²) in [6, 6.07) is 2.55. The highest BCUT2D eigenvalue weighted by Crippen LogP contribution is 2.19. The van der Waals surface area contributed by atoms with Crippen LogP contribution < -0.4 is 10.9 Å². The molecule has 4 heteroatoms. The summed E-state index contributed by atoms with van der Waals surface area (Å²) >= 11 is 0. The molecular weight excluding hydrogens is 274 g/mol. The predicted molar refractivity (Wildman–Crippen MR) is 92.2 cm³/mol. The van der Waals surface area contributed by atoms with Crippen LogP contribution in [0.25, 0.3) is 0 Å². The normalized spacial score (nSPS) is 15.3. The minimum absolute atomic E-state index is 0.213. The second kappa shape index (κ2) is 7.93. The minimum Gasteiger partial charge on any atom is -0.312 e. The fourth-order valence-electron chi connectivity index (χ4n) is 3.10. The van der Waals surface area contributed by atoms with E-state index in [0.29, 0.717) is 12.6 Å². The summed E-state index contributed by atoms with van der Waals surface area (Å²) in [5.74, 6) is 0. The summed E-state index contributed by atoms with van der Waals surface area (Å²) in [7, 11) is 0. The quantitative estimate of drug-likeness (QED) is 0.841. The number of likely N-dealkylation sites (N-methyl/N-ethyl adjacent to an activating group) is 1. The molecule has 1 aliphatic heterocycles. The van der Waals surface area contributed by atoms with Gasteiger partial charge in [-0.2, -0.15) is 0 Å². The smallest absolute Gasteiger partial charge is 0.255 e. The van der Waals surface area contributed by atoms with E-state index in [1.165, 1.54) is 11.3 Å². The largest absolute Gasteiger partial charge is 0.312 e. The standard InChI is InChI=1S/C18H31N3O/c1-5-7-9-21-17-8-10-20(6-2)13-16(17)11-15(18(21)22)12-19-14(3)4/h11,14,19H,5-10,12-13H2,1-4H3. The molecule has 1 N–H and O–H groups in total. The highest BCUT2D eigenvalue weighted by Gasteiger charge is 2.20. The van der Waals surface area contributed by atoms with Gasteiger partial charge in [0, 0.05) is 49.9 Å². The zero-order valence-corrected chi connectivity index (χ0v) is 14.6. The molecule has 0 saturated heterocycles. The van der Waals surface area contributed by atoms with Gasteiger partial charge in [0.25, 0.3) is 5.56 Å². The summed E-state index contributed by atoms with van der Waals surface area (Å²) in [5.41, 5.74) is 3.76. The molecule has 0 bridgehead atoms. The van der Waals surface area contributed by atoms with Gasteiger partial charge in [-0.15, -0.1) is 0 Å². The van der Waals surface area contributed by atoms with Gasteiger partial charge in [0.1, 0.15) is 0 Å². The topological polar surface area (TPSA) is 37.3 Å². The van der Waals surface area contributed by atoms with Crippen LogP contribution in [0, 0.1) is 0 Å². The van der Waals surface area contributed by atoms with Crippen LogP contribution in [0.1, 0.15) is 57.4 Å². The molecule has 4 nitrogen and oxygen atoms in total. The number of pyridine rings is 1. The van der Waals surface area contributed by atoms with Crippen LogP contribution in [0.4, 0.5) is 0 Å². The average Bonchev–Trinajstić information content (AvgIpc) is 2.51. The van der Waals surface area contributed by atoms with Crippen LogP contribution >= 0.6 is 0 Å². The third kappa shape index (κ3) is 3.99. The van der Waals surface area contributed by atoms with Crippen molar-refractivity contribution in [3.63, 3.8) is 0 Å². The Kier molecular flexibility index (Phi) is 6.21. The molecule has 1 aromatic heterocycles. The molecule has 0 aromatic carbocycles. The summed E-state index contributed by atoms with van der Waals surface area (Å²) in [6.07, 6.45) is 3.20. The lowest BCUT2D eigenvalue weighted by Gasteiger charge is -2.30. The maximum absolute atomic E-state index is 12.8. The van der Waals surface area contributed by atoms with Crippen molar-refractivity contribution in [2.45, 2.75) is 72.6 Å². The highest BCUT2D eigenvalue weighted by molar-refractivity contribution is 5.29. The van der Waals surface area contributed by atoms with E-state index >= 15 is 0 Å². The predicted octanol–water partition coefficient (Wildman–Crippen LogP) is 2.52. The number of unbranched alkanes of at least 4 members (excludes halogenated alkanes) is 1. The van der Waals surface area contributed by atoms with Gasteiger partial charge in [-0.05, 0) is 24.6 Å². The Bertz CT molecular complexity index is 548. The monoisotopic (exact) mass is 305 g/mol. The molecule has 0 radical (unpaired) electrons. The van der Waals surface area contributed by atoms with E-state index in [1.54, 1.807) is 0 Å². The molecule has 2 heterocycles. The Hall–Kier alpha value is -1.13. The van der Waals surface area contributed by atoms with Crippen LogP contribution in [0.2, 0.25) is 0 Å². The first-order valence-corrected chi connectivity index (χ1v) is 8.77. The van der Waals surface area contributed by atoms with E-state index in [9.17, 15) is 4.79 Å². The van der Waals surface area contributed by atoms with E-state index in [1.807, 2.05) is 0 Å². The minimum atomic E-state index is 0.213. The molecule has 0 aliphatic carbocycles. The molecule has 0 spiro atoms. The number of hydrogen-bond donors (Lipinski definition) is 1. The SMILES string of the molecule is CCCCn1c2c(cc(CNC(C)C)c1=O)CN(CC)CC2. The summed E-state index contributed by atoms with van der Waals surface area (Å²) in [4.78, 5) is 15.3. The van der Waals surface area contributed by atoms with Crippen LogP contribution in [-0.2, 0) is 26.1 Å². The molecule has 0 saturated carbocycles. The molecule has 1 aromatic rings. The number of hydrogen-bond acceptors (Lipinski definition) is 3. The Labute approximate surface area is 134 Å². The van der Waals surface area contributed by atoms with Gasteiger partial charge < -0.3 is 9.88 Å². The summed E-state index contributed by atoms with van der Waals surface area (Å²) in [5, 5.41) is 3.39. The van der Waals surface area contributed by atoms with Crippen molar-refractivity contribution in [3.8, 4) is 0 Å². The second-order valence-electron chi connectivity index (χ2n) is 6.61. The Morgan fingerprint density at radius 3 is 2.73 bits per heavy atom. The molecular formula is C18H31N3O. The van der Waals surface area contributed by atoms with E-state index < -0.39 is 0 Å². The maximum Gasteiger partial charge on any atom is 0.255 e. The Morgan fingerprint density at radius 1 is 1.32 bits per heavy atom. The van der Waals surface area contributed by atoms with Gasteiger partial charge in [0.2, 0.25) is 0 Å². The first-order valence-electron chi connectivity index (χ1n) is 8.77. The van der Waals surface area contributed by atoms with Gasteiger partial charge in [-0.1, -0.05) is 34.1 Å². The molecule has 0 unspecified atom stereocenters. The lowest BCUT2D eigenvalue weighted by molar-refractivity contribution is 0.261. The van der Waals surface area contributed by atoms with Crippen molar-refractivity contribution in [2.24, 2.45) is 0 Å². The van der Waals surface area contributed by atoms with Crippen molar-refractivity contribution in [3.05, 3.63) is 33.2 Å². The summed E-state index contributed by atoms with van der Waals surface area (Å²) < 4.78 is 2.06. The van der Waals surface area contributed by atoms with Crippen molar-refractivity contribution in [1.29, 1.82) is 0 Å². The molecule has 124 valence electrons. The Balaban J connectivity index is 2.37. The van der Waals surface area contributed by atoms with E-state index in [2.05, 4.69) is 48.5 Å². The van der Waals surface area contributed by atoms with Gasteiger partial charge >= 0.3 is 0 Å². The van der Waals surface area contributed by atoms with Crippen molar-refractivity contribution in [1.82, 2.24) is 14.8 Å². The number of aromatic nitrogens is 1. The number of nitrogens with one attached hydrogen (secondary N) is 1. The van der Waals surface area contributed by atoms with Crippen LogP contribution in [0.15, 0.2) is 10.9 Å². The number of fused-ring (bicyclic) bond motifs is 1. The van der Waals surface area contributed by atoms with Gasteiger partial charge in [-0.25, -0.2) is 0 Å². The summed E-state index contributed by atoms with van der Waals surface area (Å²) in [6.45, 7) is 13.3. The molecule has 22 heavy (non-hydrogen) atoms. The Morgan fingerprint density at radius 2 is 2.09 bits per heavy atom. The first kappa shape index (κ1) is 17.2. The van der Waals surface area contributed by atoms with Crippen molar-refractivity contribution < 1.29 is 0 Å². The average molecular weight is 305 g/mol. The van der Waals surface area contributed by atoms with E-state index in [4.69, 9.17) is 0 Å². The fourth-order valence-corrected chi connectivity index (χ4v) is 3.10. The van der Waals surface area contributed by atoms with Crippen LogP contribution in [0.5, 0.6) is 0 Å². The number of rotatable bonds is 7. The highest BCUT2D eigenvalue weighted by atomic mass is 16.1. The molecule has 0 fully saturated rings.